The Bertz CT molecular complexity index is 367. The highest BCUT2D eigenvalue weighted by Crippen LogP contribution is 1.99. The van der Waals surface area contributed by atoms with E-state index >= 15 is 0 Å². The molecule has 1 aromatic rings. The summed E-state index contributed by atoms with van der Waals surface area (Å²) in [5.74, 6) is 1.40. The van der Waals surface area contributed by atoms with Crippen molar-refractivity contribution in [3.8, 4) is 0 Å². The van der Waals surface area contributed by atoms with Crippen molar-refractivity contribution in [2.24, 2.45) is 18.0 Å². The minimum absolute atomic E-state index is 0.398. The van der Waals surface area contributed by atoms with Crippen LogP contribution >= 0.6 is 0 Å². The summed E-state index contributed by atoms with van der Waals surface area (Å²) in [5.41, 5.74) is 1.15. The molecular weight excluding hydrogens is 214 g/mol. The van der Waals surface area contributed by atoms with E-state index < -0.39 is 0 Å². The van der Waals surface area contributed by atoms with E-state index in [0.29, 0.717) is 12.0 Å². The van der Waals surface area contributed by atoms with Crippen LogP contribution in [0, 0.1) is 5.92 Å². The lowest BCUT2D eigenvalue weighted by Gasteiger charge is -2.20. The normalized spacial score (nSPS) is 13.9. The summed E-state index contributed by atoms with van der Waals surface area (Å²) in [7, 11) is 3.70. The smallest absolute Gasteiger partial charge is 0.191 e. The van der Waals surface area contributed by atoms with Crippen molar-refractivity contribution in [3.05, 3.63) is 18.0 Å². The summed E-state index contributed by atoms with van der Waals surface area (Å²) in [5, 5.41) is 10.8. The van der Waals surface area contributed by atoms with Crippen molar-refractivity contribution < 1.29 is 0 Å². The molecule has 1 heterocycles. The summed E-state index contributed by atoms with van der Waals surface area (Å²) in [4.78, 5) is 4.20. The molecule has 0 aliphatic carbocycles. The Balaban J connectivity index is 2.43. The number of aryl methyl sites for hydroxylation is 1. The maximum absolute atomic E-state index is 4.20. The van der Waals surface area contributed by atoms with Gasteiger partial charge in [0, 0.05) is 38.4 Å². The number of aromatic nitrogens is 2. The molecule has 0 saturated heterocycles. The first-order chi connectivity index (χ1) is 8.02. The van der Waals surface area contributed by atoms with Crippen molar-refractivity contribution in [2.45, 2.75) is 33.4 Å². The number of nitrogens with one attached hydrogen (secondary N) is 2. The fourth-order valence-electron chi connectivity index (χ4n) is 1.33. The molecule has 1 rings (SSSR count). The Morgan fingerprint density at radius 1 is 1.47 bits per heavy atom. The van der Waals surface area contributed by atoms with Gasteiger partial charge in [-0.15, -0.1) is 0 Å². The van der Waals surface area contributed by atoms with Gasteiger partial charge in [0.15, 0.2) is 5.96 Å². The Morgan fingerprint density at radius 2 is 2.18 bits per heavy atom. The number of guanidine groups is 1. The third-order valence-corrected chi connectivity index (χ3v) is 2.81. The van der Waals surface area contributed by atoms with Gasteiger partial charge in [-0.3, -0.25) is 9.67 Å². The van der Waals surface area contributed by atoms with Gasteiger partial charge in [0.05, 0.1) is 6.20 Å². The van der Waals surface area contributed by atoms with Crippen LogP contribution in [0.5, 0.6) is 0 Å². The molecule has 0 aliphatic heterocycles. The zero-order chi connectivity index (χ0) is 12.8. The van der Waals surface area contributed by atoms with Gasteiger partial charge in [-0.25, -0.2) is 0 Å². The number of hydrogen-bond donors (Lipinski definition) is 2. The van der Waals surface area contributed by atoms with Crippen LogP contribution < -0.4 is 10.6 Å². The maximum Gasteiger partial charge on any atom is 0.191 e. The zero-order valence-corrected chi connectivity index (χ0v) is 11.4. The molecule has 2 N–H and O–H groups in total. The minimum atomic E-state index is 0.398. The Hall–Kier alpha value is -1.52. The lowest BCUT2D eigenvalue weighted by molar-refractivity contribution is 0.481. The van der Waals surface area contributed by atoms with Gasteiger partial charge in [-0.1, -0.05) is 13.8 Å². The fourth-order valence-corrected chi connectivity index (χ4v) is 1.33. The van der Waals surface area contributed by atoms with Gasteiger partial charge in [-0.2, -0.15) is 5.10 Å². The first-order valence-electron chi connectivity index (χ1n) is 5.97. The average molecular weight is 237 g/mol. The van der Waals surface area contributed by atoms with Crippen molar-refractivity contribution in [2.75, 3.05) is 7.05 Å². The predicted molar refractivity (Wildman–Crippen MR) is 70.8 cm³/mol. The van der Waals surface area contributed by atoms with E-state index in [0.717, 1.165) is 18.1 Å². The van der Waals surface area contributed by atoms with Crippen molar-refractivity contribution in [1.29, 1.82) is 0 Å². The third-order valence-electron chi connectivity index (χ3n) is 2.81. The topological polar surface area (TPSA) is 54.2 Å². The summed E-state index contributed by atoms with van der Waals surface area (Å²) < 4.78 is 1.80. The maximum atomic E-state index is 4.20. The molecule has 1 atom stereocenters. The van der Waals surface area contributed by atoms with Gasteiger partial charge in [-0.05, 0) is 12.8 Å². The second-order valence-electron chi connectivity index (χ2n) is 4.63. The number of hydrogen-bond acceptors (Lipinski definition) is 2. The van der Waals surface area contributed by atoms with Crippen LogP contribution in [0.4, 0.5) is 0 Å². The minimum Gasteiger partial charge on any atom is -0.354 e. The van der Waals surface area contributed by atoms with Gasteiger partial charge in [0.2, 0.25) is 0 Å². The third kappa shape index (κ3) is 4.46. The quantitative estimate of drug-likeness (QED) is 0.609. The SMILES string of the molecule is CN=C(NCc1cnn(C)c1)NC(C)C(C)C. The van der Waals surface area contributed by atoms with Crippen LogP contribution in [0.15, 0.2) is 17.4 Å². The van der Waals surface area contributed by atoms with Crippen LogP contribution in [-0.4, -0.2) is 28.8 Å². The van der Waals surface area contributed by atoms with Gasteiger partial charge in [0.1, 0.15) is 0 Å². The second kappa shape index (κ2) is 6.27. The molecule has 5 heteroatoms. The van der Waals surface area contributed by atoms with Crippen LogP contribution in [0.1, 0.15) is 26.3 Å². The van der Waals surface area contributed by atoms with E-state index in [9.17, 15) is 0 Å². The molecule has 17 heavy (non-hydrogen) atoms. The van der Waals surface area contributed by atoms with Crippen LogP contribution in [0.25, 0.3) is 0 Å². The average Bonchev–Trinajstić information content (AvgIpc) is 2.69. The lowest BCUT2D eigenvalue weighted by atomic mass is 10.1. The molecule has 1 aromatic heterocycles. The molecule has 0 amide bonds. The Labute approximate surface area is 103 Å². The van der Waals surface area contributed by atoms with Gasteiger partial charge in [0.25, 0.3) is 0 Å². The van der Waals surface area contributed by atoms with E-state index in [4.69, 9.17) is 0 Å². The molecule has 0 aromatic carbocycles. The lowest BCUT2D eigenvalue weighted by Crippen LogP contribution is -2.43. The molecule has 0 fully saturated rings. The highest BCUT2D eigenvalue weighted by Gasteiger charge is 2.08. The highest BCUT2D eigenvalue weighted by atomic mass is 15.2. The fraction of sp³-hybridized carbons (Fsp3) is 0.667. The van der Waals surface area contributed by atoms with Crippen molar-refractivity contribution in [1.82, 2.24) is 20.4 Å². The summed E-state index contributed by atoms with van der Waals surface area (Å²) in [6.45, 7) is 7.26. The summed E-state index contributed by atoms with van der Waals surface area (Å²) >= 11 is 0. The van der Waals surface area contributed by atoms with Crippen LogP contribution in [0.3, 0.4) is 0 Å². The predicted octanol–water partition coefficient (Wildman–Crippen LogP) is 1.13. The first-order valence-corrected chi connectivity index (χ1v) is 5.97. The van der Waals surface area contributed by atoms with Crippen molar-refractivity contribution in [3.63, 3.8) is 0 Å². The van der Waals surface area contributed by atoms with E-state index in [1.54, 1.807) is 11.7 Å². The number of aliphatic imine (C=N–C) groups is 1. The van der Waals surface area contributed by atoms with Crippen molar-refractivity contribution >= 4 is 5.96 Å². The molecule has 0 aliphatic rings. The highest BCUT2D eigenvalue weighted by molar-refractivity contribution is 5.79. The van der Waals surface area contributed by atoms with Crippen LogP contribution in [-0.2, 0) is 13.6 Å². The molecule has 96 valence electrons. The molecule has 0 bridgehead atoms. The molecule has 0 saturated carbocycles. The van der Waals surface area contributed by atoms with E-state index in [-0.39, 0.29) is 0 Å². The molecule has 1 unspecified atom stereocenters. The zero-order valence-electron chi connectivity index (χ0n) is 11.4. The van der Waals surface area contributed by atoms with Crippen LogP contribution in [0.2, 0.25) is 0 Å². The molecular formula is C12H23N5. The monoisotopic (exact) mass is 237 g/mol. The largest absolute Gasteiger partial charge is 0.354 e. The summed E-state index contributed by atoms with van der Waals surface area (Å²) in [6, 6.07) is 0.398. The second-order valence-corrected chi connectivity index (χ2v) is 4.63. The molecule has 0 spiro atoms. The first kappa shape index (κ1) is 13.5. The number of nitrogens with zero attached hydrogens (tertiary/aromatic N) is 3. The standard InChI is InChI=1S/C12H23N5/c1-9(2)10(3)16-12(13-4)14-6-11-7-15-17(5)8-11/h7-10H,6H2,1-5H3,(H2,13,14,16). The Morgan fingerprint density at radius 3 is 2.65 bits per heavy atom. The molecule has 0 radical (unpaired) electrons. The van der Waals surface area contributed by atoms with E-state index in [1.807, 2.05) is 19.4 Å². The van der Waals surface area contributed by atoms with E-state index in [2.05, 4.69) is 41.5 Å². The molecule has 5 nitrogen and oxygen atoms in total. The van der Waals surface area contributed by atoms with Gasteiger partial charge >= 0.3 is 0 Å². The van der Waals surface area contributed by atoms with E-state index in [1.165, 1.54) is 0 Å². The van der Waals surface area contributed by atoms with Gasteiger partial charge < -0.3 is 10.6 Å². The Kier molecular flexibility index (Phi) is 5.00. The summed E-state index contributed by atoms with van der Waals surface area (Å²) in [6.07, 6.45) is 3.85. The number of rotatable bonds is 4.